The van der Waals surface area contributed by atoms with Crippen molar-refractivity contribution in [3.8, 4) is 0 Å². The summed E-state index contributed by atoms with van der Waals surface area (Å²) in [4.78, 5) is 13.7. The average molecular weight is 270 g/mol. The maximum absolute atomic E-state index is 11.5. The van der Waals surface area contributed by atoms with Gasteiger partial charge in [-0.25, -0.2) is 0 Å². The number of esters is 1. The van der Waals surface area contributed by atoms with Gasteiger partial charge < -0.3 is 10.1 Å². The van der Waals surface area contributed by atoms with Crippen molar-refractivity contribution in [1.82, 2.24) is 10.2 Å². The molecule has 1 rings (SSSR count). The van der Waals surface area contributed by atoms with E-state index in [0.717, 1.165) is 31.5 Å². The van der Waals surface area contributed by atoms with Crippen molar-refractivity contribution in [2.45, 2.75) is 39.5 Å². The molecule has 1 saturated heterocycles. The molecule has 19 heavy (non-hydrogen) atoms. The van der Waals surface area contributed by atoms with Crippen molar-refractivity contribution >= 4 is 5.97 Å². The molecule has 0 aromatic heterocycles. The fraction of sp³-hybridized carbons (Fsp3) is 0.933. The normalized spacial score (nSPS) is 19.3. The van der Waals surface area contributed by atoms with E-state index >= 15 is 0 Å². The van der Waals surface area contributed by atoms with Crippen LogP contribution in [-0.4, -0.2) is 50.7 Å². The van der Waals surface area contributed by atoms with Crippen molar-refractivity contribution in [3.63, 3.8) is 0 Å². The van der Waals surface area contributed by atoms with Crippen LogP contribution in [0, 0.1) is 11.8 Å². The molecule has 0 radical (unpaired) electrons. The van der Waals surface area contributed by atoms with Crippen LogP contribution in [-0.2, 0) is 9.53 Å². The zero-order valence-corrected chi connectivity index (χ0v) is 12.8. The van der Waals surface area contributed by atoms with Crippen molar-refractivity contribution < 1.29 is 9.53 Å². The lowest BCUT2D eigenvalue weighted by Crippen LogP contribution is -2.39. The largest absolute Gasteiger partial charge is 0.465 e. The van der Waals surface area contributed by atoms with Crippen molar-refractivity contribution in [2.75, 3.05) is 39.8 Å². The quantitative estimate of drug-likeness (QED) is 0.684. The first-order valence-corrected chi connectivity index (χ1v) is 7.73. The van der Waals surface area contributed by atoms with E-state index in [1.807, 2.05) is 14.0 Å². The molecule has 0 aromatic carbocycles. The first kappa shape index (κ1) is 16.4. The first-order chi connectivity index (χ1) is 9.21. The summed E-state index contributed by atoms with van der Waals surface area (Å²) < 4.78 is 5.00. The molecule has 1 atom stereocenters. The van der Waals surface area contributed by atoms with E-state index in [1.54, 1.807) is 0 Å². The minimum atomic E-state index is -0.0804. The van der Waals surface area contributed by atoms with Crippen LogP contribution >= 0.6 is 0 Å². The van der Waals surface area contributed by atoms with Crippen LogP contribution in [0.5, 0.6) is 0 Å². The Morgan fingerprint density at radius 1 is 1.37 bits per heavy atom. The summed E-state index contributed by atoms with van der Waals surface area (Å²) in [7, 11) is 2.02. The molecule has 1 fully saturated rings. The molecule has 0 aliphatic carbocycles. The topological polar surface area (TPSA) is 41.6 Å². The molecule has 0 aromatic rings. The molecule has 1 aliphatic rings. The molecule has 0 amide bonds. The van der Waals surface area contributed by atoms with E-state index in [-0.39, 0.29) is 5.97 Å². The molecule has 1 heterocycles. The second-order valence-electron chi connectivity index (χ2n) is 5.48. The lowest BCUT2D eigenvalue weighted by atomic mass is 9.81. The zero-order chi connectivity index (χ0) is 14.1. The third kappa shape index (κ3) is 5.91. The van der Waals surface area contributed by atoms with Crippen molar-refractivity contribution in [2.24, 2.45) is 11.8 Å². The number of ether oxygens (including phenoxy) is 1. The van der Waals surface area contributed by atoms with Gasteiger partial charge in [0.05, 0.1) is 13.2 Å². The molecule has 0 bridgehead atoms. The highest BCUT2D eigenvalue weighted by atomic mass is 16.5. The smallest absolute Gasteiger partial charge is 0.320 e. The Hall–Kier alpha value is -0.610. The maximum atomic E-state index is 11.5. The van der Waals surface area contributed by atoms with Crippen LogP contribution in [0.15, 0.2) is 0 Å². The summed E-state index contributed by atoms with van der Waals surface area (Å²) in [6, 6.07) is 0. The predicted molar refractivity (Wildman–Crippen MR) is 78.1 cm³/mol. The van der Waals surface area contributed by atoms with Gasteiger partial charge in [-0.05, 0) is 64.7 Å². The minimum absolute atomic E-state index is 0.0804. The zero-order valence-electron chi connectivity index (χ0n) is 12.8. The predicted octanol–water partition coefficient (Wildman–Crippen LogP) is 1.90. The number of rotatable bonds is 8. The first-order valence-electron chi connectivity index (χ1n) is 7.73. The molecule has 112 valence electrons. The van der Waals surface area contributed by atoms with E-state index in [1.165, 1.54) is 25.7 Å². The summed E-state index contributed by atoms with van der Waals surface area (Å²) in [5.74, 6) is 1.58. The fourth-order valence-corrected chi connectivity index (χ4v) is 3.07. The molecule has 1 aliphatic heterocycles. The van der Waals surface area contributed by atoms with Gasteiger partial charge in [-0.2, -0.15) is 0 Å². The molecule has 0 spiro atoms. The molecular weight excluding hydrogens is 240 g/mol. The van der Waals surface area contributed by atoms with E-state index in [9.17, 15) is 4.79 Å². The number of hydrogen-bond donors (Lipinski definition) is 1. The third-order valence-electron chi connectivity index (χ3n) is 4.25. The van der Waals surface area contributed by atoms with Crippen molar-refractivity contribution in [3.05, 3.63) is 0 Å². The molecule has 1 N–H and O–H groups in total. The highest BCUT2D eigenvalue weighted by Gasteiger charge is 2.26. The van der Waals surface area contributed by atoms with Gasteiger partial charge in [0.1, 0.15) is 0 Å². The molecular formula is C15H30N2O2. The van der Waals surface area contributed by atoms with Crippen LogP contribution < -0.4 is 5.32 Å². The monoisotopic (exact) mass is 270 g/mol. The summed E-state index contributed by atoms with van der Waals surface area (Å²) in [5.41, 5.74) is 0. The third-order valence-corrected chi connectivity index (χ3v) is 4.25. The van der Waals surface area contributed by atoms with Crippen LogP contribution in [0.1, 0.15) is 39.5 Å². The van der Waals surface area contributed by atoms with E-state index in [2.05, 4.69) is 17.1 Å². The maximum Gasteiger partial charge on any atom is 0.320 e. The number of hydrogen-bond acceptors (Lipinski definition) is 4. The summed E-state index contributed by atoms with van der Waals surface area (Å²) in [6.45, 7) is 8.30. The van der Waals surface area contributed by atoms with Gasteiger partial charge in [-0.3, -0.25) is 9.69 Å². The molecule has 0 saturated carbocycles. The Morgan fingerprint density at radius 2 is 2.05 bits per heavy atom. The van der Waals surface area contributed by atoms with Gasteiger partial charge in [0.25, 0.3) is 0 Å². The number of piperidine rings is 1. The van der Waals surface area contributed by atoms with Crippen LogP contribution in [0.2, 0.25) is 0 Å². The Bertz CT molecular complexity index is 251. The Kier molecular flexibility index (Phi) is 8.07. The number of nitrogens with one attached hydrogen (secondary N) is 1. The number of nitrogens with zero attached hydrogens (tertiary/aromatic N) is 1. The van der Waals surface area contributed by atoms with Gasteiger partial charge in [0.15, 0.2) is 0 Å². The standard InChI is InChI=1S/C15H30N2O2/c1-4-13(6-9-16-3)14-7-10-17(11-8-14)12-15(18)19-5-2/h13-14,16H,4-12H2,1-3H3/t13-/m1/s1. The Balaban J connectivity index is 2.28. The van der Waals surface area contributed by atoms with Crippen LogP contribution in [0.4, 0.5) is 0 Å². The van der Waals surface area contributed by atoms with Gasteiger partial charge in [-0.15, -0.1) is 0 Å². The second-order valence-corrected chi connectivity index (χ2v) is 5.48. The summed E-state index contributed by atoms with van der Waals surface area (Å²) >= 11 is 0. The fourth-order valence-electron chi connectivity index (χ4n) is 3.07. The summed E-state index contributed by atoms with van der Waals surface area (Å²) in [5, 5.41) is 3.25. The SMILES string of the molecule is CCOC(=O)CN1CCC([C@H](CC)CCNC)CC1. The molecule has 4 nitrogen and oxygen atoms in total. The minimum Gasteiger partial charge on any atom is -0.465 e. The molecule has 0 unspecified atom stereocenters. The summed E-state index contributed by atoms with van der Waals surface area (Å²) in [6.07, 6.45) is 4.99. The van der Waals surface area contributed by atoms with Gasteiger partial charge >= 0.3 is 5.97 Å². The Labute approximate surface area is 117 Å². The van der Waals surface area contributed by atoms with Gasteiger partial charge in [0.2, 0.25) is 0 Å². The Morgan fingerprint density at radius 3 is 2.58 bits per heavy atom. The van der Waals surface area contributed by atoms with Gasteiger partial charge in [-0.1, -0.05) is 13.3 Å². The van der Waals surface area contributed by atoms with Crippen molar-refractivity contribution in [1.29, 1.82) is 0 Å². The van der Waals surface area contributed by atoms with Gasteiger partial charge in [0, 0.05) is 0 Å². The lowest BCUT2D eigenvalue weighted by molar-refractivity contribution is -0.144. The van der Waals surface area contributed by atoms with Crippen LogP contribution in [0.25, 0.3) is 0 Å². The van der Waals surface area contributed by atoms with Crippen LogP contribution in [0.3, 0.4) is 0 Å². The van der Waals surface area contributed by atoms with E-state index in [0.29, 0.717) is 13.2 Å². The average Bonchev–Trinajstić information content (AvgIpc) is 2.41. The number of carbonyl (C=O) groups is 1. The lowest BCUT2D eigenvalue weighted by Gasteiger charge is -2.35. The number of likely N-dealkylation sites (tertiary alicyclic amines) is 1. The number of carbonyl (C=O) groups excluding carboxylic acids is 1. The second kappa shape index (κ2) is 9.32. The highest BCUT2D eigenvalue weighted by molar-refractivity contribution is 5.71. The van der Waals surface area contributed by atoms with E-state index in [4.69, 9.17) is 4.74 Å². The van der Waals surface area contributed by atoms with E-state index < -0.39 is 0 Å². The molecule has 4 heteroatoms. The highest BCUT2D eigenvalue weighted by Crippen LogP contribution is 2.29.